The minimum absolute atomic E-state index is 0.0252. The summed E-state index contributed by atoms with van der Waals surface area (Å²) in [4.78, 5) is 31.4. The van der Waals surface area contributed by atoms with Crippen molar-refractivity contribution in [3.63, 3.8) is 0 Å². The van der Waals surface area contributed by atoms with Crippen LogP contribution >= 0.6 is 11.3 Å². The fourth-order valence-corrected chi connectivity index (χ4v) is 4.31. The molecule has 0 atom stereocenters. The molecule has 2 heterocycles. The predicted octanol–water partition coefficient (Wildman–Crippen LogP) is 3.73. The molecule has 1 aliphatic carbocycles. The van der Waals surface area contributed by atoms with Crippen LogP contribution in [-0.4, -0.2) is 46.9 Å². The number of piperidine rings is 1. The molecule has 1 saturated heterocycles. The zero-order chi connectivity index (χ0) is 20.4. The lowest BCUT2D eigenvalue weighted by Crippen LogP contribution is -2.43. The molecule has 1 N–H and O–H groups in total. The second kappa shape index (κ2) is 8.53. The van der Waals surface area contributed by atoms with Gasteiger partial charge in [0.15, 0.2) is 0 Å². The van der Waals surface area contributed by atoms with Gasteiger partial charge in [-0.3, -0.25) is 9.59 Å². The summed E-state index contributed by atoms with van der Waals surface area (Å²) in [6.07, 6.45) is 3.77. The molecular formula is C22H27N3O3S. The minimum Gasteiger partial charge on any atom is -0.491 e. The number of ether oxygens (including phenoxy) is 1. The van der Waals surface area contributed by atoms with Crippen molar-refractivity contribution in [3.8, 4) is 16.3 Å². The summed E-state index contributed by atoms with van der Waals surface area (Å²) in [7, 11) is 0. The van der Waals surface area contributed by atoms with Crippen molar-refractivity contribution in [2.45, 2.75) is 51.7 Å². The van der Waals surface area contributed by atoms with Crippen LogP contribution in [0.2, 0.25) is 0 Å². The van der Waals surface area contributed by atoms with Crippen LogP contribution in [0.3, 0.4) is 0 Å². The van der Waals surface area contributed by atoms with Crippen molar-refractivity contribution in [3.05, 3.63) is 35.3 Å². The third-order valence-corrected chi connectivity index (χ3v) is 6.16. The second-order valence-corrected chi connectivity index (χ2v) is 8.94. The number of likely N-dealkylation sites (tertiary alicyclic amines) is 1. The lowest BCUT2D eigenvalue weighted by atomic mass is 9.95. The van der Waals surface area contributed by atoms with Gasteiger partial charge in [-0.1, -0.05) is 0 Å². The average molecular weight is 414 g/mol. The number of rotatable bonds is 6. The van der Waals surface area contributed by atoms with E-state index in [1.165, 1.54) is 11.3 Å². The first-order valence-electron chi connectivity index (χ1n) is 10.3. The number of hydrogen-bond acceptors (Lipinski definition) is 5. The molecule has 29 heavy (non-hydrogen) atoms. The quantitative estimate of drug-likeness (QED) is 0.783. The van der Waals surface area contributed by atoms with Gasteiger partial charge in [0.05, 0.1) is 6.10 Å². The number of carbonyl (C=O) groups excluding carboxylic acids is 2. The Labute approximate surface area is 175 Å². The van der Waals surface area contributed by atoms with E-state index in [0.717, 1.165) is 42.0 Å². The van der Waals surface area contributed by atoms with Crippen molar-refractivity contribution in [1.82, 2.24) is 15.2 Å². The minimum atomic E-state index is -0.0479. The maximum Gasteiger partial charge on any atom is 0.273 e. The third kappa shape index (κ3) is 4.96. The SMILES string of the molecule is CC(C)Oc1ccc(-c2nc(C(=O)N3CCC(C(=O)NC4CC4)CC3)cs2)cc1. The lowest BCUT2D eigenvalue weighted by Gasteiger charge is -2.30. The molecule has 1 aromatic carbocycles. The van der Waals surface area contributed by atoms with Crippen LogP contribution in [0.25, 0.3) is 10.6 Å². The molecule has 1 aromatic heterocycles. The fraction of sp³-hybridized carbons (Fsp3) is 0.500. The number of hydrogen-bond donors (Lipinski definition) is 1. The Hall–Kier alpha value is -2.41. The van der Waals surface area contributed by atoms with E-state index >= 15 is 0 Å². The van der Waals surface area contributed by atoms with Gasteiger partial charge in [-0.15, -0.1) is 11.3 Å². The van der Waals surface area contributed by atoms with Crippen LogP contribution in [0.15, 0.2) is 29.6 Å². The molecule has 0 bridgehead atoms. The Bertz CT molecular complexity index is 866. The summed E-state index contributed by atoms with van der Waals surface area (Å²) in [5.41, 5.74) is 1.45. The van der Waals surface area contributed by atoms with Crippen molar-refractivity contribution < 1.29 is 14.3 Å². The van der Waals surface area contributed by atoms with Crippen molar-refractivity contribution in [2.75, 3.05) is 13.1 Å². The number of carbonyl (C=O) groups is 2. The van der Waals surface area contributed by atoms with Crippen LogP contribution in [0.1, 0.15) is 50.0 Å². The first-order valence-corrected chi connectivity index (χ1v) is 11.2. The molecule has 2 amide bonds. The Balaban J connectivity index is 1.34. The molecule has 0 spiro atoms. The topological polar surface area (TPSA) is 71.5 Å². The van der Waals surface area contributed by atoms with E-state index < -0.39 is 0 Å². The van der Waals surface area contributed by atoms with Gasteiger partial charge in [0.2, 0.25) is 5.91 Å². The summed E-state index contributed by atoms with van der Waals surface area (Å²) in [5, 5.41) is 5.72. The number of nitrogens with zero attached hydrogens (tertiary/aromatic N) is 2. The highest BCUT2D eigenvalue weighted by molar-refractivity contribution is 7.13. The number of benzene rings is 1. The first kappa shape index (κ1) is 19.9. The van der Waals surface area contributed by atoms with E-state index in [-0.39, 0.29) is 23.8 Å². The fourth-order valence-electron chi connectivity index (χ4n) is 3.51. The molecule has 0 unspecified atom stereocenters. The lowest BCUT2D eigenvalue weighted by molar-refractivity contribution is -0.126. The third-order valence-electron chi connectivity index (χ3n) is 5.27. The highest BCUT2D eigenvalue weighted by Gasteiger charge is 2.31. The standard InChI is InChI=1S/C22H27N3O3S/c1-14(2)28-18-7-3-16(4-8-18)21-24-19(13-29-21)22(27)25-11-9-15(10-12-25)20(26)23-17-5-6-17/h3-4,7-8,13-15,17H,5-6,9-12H2,1-2H3,(H,23,26). The van der Waals surface area contributed by atoms with E-state index in [9.17, 15) is 9.59 Å². The van der Waals surface area contributed by atoms with Crippen LogP contribution < -0.4 is 10.1 Å². The molecule has 4 rings (SSSR count). The van der Waals surface area contributed by atoms with Gasteiger partial charge in [0, 0.05) is 36.0 Å². The van der Waals surface area contributed by atoms with Gasteiger partial charge in [0.25, 0.3) is 5.91 Å². The van der Waals surface area contributed by atoms with Crippen LogP contribution in [0, 0.1) is 5.92 Å². The molecule has 1 saturated carbocycles. The predicted molar refractivity (Wildman–Crippen MR) is 113 cm³/mol. The molecular weight excluding hydrogens is 386 g/mol. The number of nitrogens with one attached hydrogen (secondary N) is 1. The van der Waals surface area contributed by atoms with E-state index in [2.05, 4.69) is 10.3 Å². The van der Waals surface area contributed by atoms with Crippen molar-refractivity contribution in [1.29, 1.82) is 0 Å². The summed E-state index contributed by atoms with van der Waals surface area (Å²) in [6.45, 7) is 5.20. The highest BCUT2D eigenvalue weighted by atomic mass is 32.1. The van der Waals surface area contributed by atoms with E-state index in [0.29, 0.717) is 24.8 Å². The number of thiazole rings is 1. The van der Waals surface area contributed by atoms with Gasteiger partial charge in [-0.25, -0.2) is 4.98 Å². The summed E-state index contributed by atoms with van der Waals surface area (Å²) < 4.78 is 5.67. The van der Waals surface area contributed by atoms with Gasteiger partial charge >= 0.3 is 0 Å². The normalized spacial score (nSPS) is 17.4. The van der Waals surface area contributed by atoms with E-state index in [1.807, 2.05) is 48.4 Å². The first-order chi connectivity index (χ1) is 14.0. The van der Waals surface area contributed by atoms with E-state index in [1.54, 1.807) is 0 Å². The molecule has 2 aliphatic rings. The van der Waals surface area contributed by atoms with Gasteiger partial charge in [-0.2, -0.15) is 0 Å². The van der Waals surface area contributed by atoms with Crippen molar-refractivity contribution in [2.24, 2.45) is 5.92 Å². The Morgan fingerprint density at radius 2 is 1.83 bits per heavy atom. The molecule has 6 nitrogen and oxygen atoms in total. The summed E-state index contributed by atoms with van der Waals surface area (Å²) in [6, 6.07) is 8.18. The second-order valence-electron chi connectivity index (χ2n) is 8.08. The average Bonchev–Trinajstić information content (AvgIpc) is 3.39. The molecule has 2 fully saturated rings. The highest BCUT2D eigenvalue weighted by Crippen LogP contribution is 2.28. The van der Waals surface area contributed by atoms with Gasteiger partial charge < -0.3 is 15.0 Å². The summed E-state index contributed by atoms with van der Waals surface area (Å²) in [5.74, 6) is 0.955. The molecule has 154 valence electrons. The number of aromatic nitrogens is 1. The zero-order valence-electron chi connectivity index (χ0n) is 16.9. The maximum atomic E-state index is 12.8. The van der Waals surface area contributed by atoms with Gasteiger partial charge in [0.1, 0.15) is 16.5 Å². The Morgan fingerprint density at radius 3 is 2.45 bits per heavy atom. The molecule has 0 radical (unpaired) electrons. The van der Waals surface area contributed by atoms with Gasteiger partial charge in [-0.05, 0) is 63.8 Å². The monoisotopic (exact) mass is 413 g/mol. The maximum absolute atomic E-state index is 12.8. The smallest absolute Gasteiger partial charge is 0.273 e. The van der Waals surface area contributed by atoms with Crippen molar-refractivity contribution >= 4 is 23.2 Å². The Morgan fingerprint density at radius 1 is 1.14 bits per heavy atom. The summed E-state index contributed by atoms with van der Waals surface area (Å²) >= 11 is 1.47. The van der Waals surface area contributed by atoms with Crippen LogP contribution in [0.5, 0.6) is 5.75 Å². The number of amides is 2. The zero-order valence-corrected chi connectivity index (χ0v) is 17.7. The van der Waals surface area contributed by atoms with Crippen LogP contribution in [0.4, 0.5) is 0 Å². The Kier molecular flexibility index (Phi) is 5.85. The molecule has 1 aliphatic heterocycles. The van der Waals surface area contributed by atoms with Crippen LogP contribution in [-0.2, 0) is 4.79 Å². The molecule has 7 heteroatoms. The van der Waals surface area contributed by atoms with E-state index in [4.69, 9.17) is 4.74 Å². The molecule has 2 aromatic rings. The largest absolute Gasteiger partial charge is 0.491 e.